The molecule has 0 aliphatic rings. The van der Waals surface area contributed by atoms with Crippen LogP contribution in [0.25, 0.3) is 0 Å². The smallest absolute Gasteiger partial charge is 0.127 e. The standard InChI is InChI=1S/C15H20N4/c1-3-6-17-15-9-14(5-8-18-15)19-11-13-4-7-16-10-12(13)2/h4-5,7-10H,3,6,11H2,1-2H3,(H2,17,18,19). The van der Waals surface area contributed by atoms with Crippen LogP contribution in [0.15, 0.2) is 36.8 Å². The minimum Gasteiger partial charge on any atom is -0.381 e. The van der Waals surface area contributed by atoms with Gasteiger partial charge in [-0.05, 0) is 36.6 Å². The summed E-state index contributed by atoms with van der Waals surface area (Å²) < 4.78 is 0. The van der Waals surface area contributed by atoms with Crippen LogP contribution in [-0.4, -0.2) is 16.5 Å². The highest BCUT2D eigenvalue weighted by atomic mass is 15.0. The summed E-state index contributed by atoms with van der Waals surface area (Å²) in [5, 5.41) is 6.69. The molecule has 0 unspecified atom stereocenters. The lowest BCUT2D eigenvalue weighted by molar-refractivity contribution is 0.969. The van der Waals surface area contributed by atoms with Crippen LogP contribution in [0.2, 0.25) is 0 Å². The van der Waals surface area contributed by atoms with E-state index in [1.54, 1.807) is 0 Å². The number of aryl methyl sites for hydroxylation is 1. The summed E-state index contributed by atoms with van der Waals surface area (Å²) in [4.78, 5) is 8.39. The maximum atomic E-state index is 4.29. The highest BCUT2D eigenvalue weighted by molar-refractivity contribution is 5.52. The van der Waals surface area contributed by atoms with Crippen LogP contribution in [0, 0.1) is 6.92 Å². The Morgan fingerprint density at radius 3 is 2.84 bits per heavy atom. The molecule has 0 saturated heterocycles. The van der Waals surface area contributed by atoms with Crippen molar-refractivity contribution in [3.8, 4) is 0 Å². The lowest BCUT2D eigenvalue weighted by Crippen LogP contribution is -2.04. The van der Waals surface area contributed by atoms with Crippen molar-refractivity contribution < 1.29 is 0 Å². The maximum absolute atomic E-state index is 4.29. The van der Waals surface area contributed by atoms with Gasteiger partial charge in [-0.3, -0.25) is 4.98 Å². The molecule has 2 aromatic rings. The van der Waals surface area contributed by atoms with E-state index >= 15 is 0 Å². The van der Waals surface area contributed by atoms with Gasteiger partial charge in [0.2, 0.25) is 0 Å². The zero-order valence-electron chi connectivity index (χ0n) is 11.5. The molecule has 4 heteroatoms. The van der Waals surface area contributed by atoms with Crippen LogP contribution in [-0.2, 0) is 6.54 Å². The van der Waals surface area contributed by atoms with E-state index in [0.29, 0.717) is 0 Å². The Morgan fingerprint density at radius 2 is 2.05 bits per heavy atom. The monoisotopic (exact) mass is 256 g/mol. The highest BCUT2D eigenvalue weighted by Gasteiger charge is 1.99. The molecular formula is C15H20N4. The van der Waals surface area contributed by atoms with Gasteiger partial charge >= 0.3 is 0 Å². The number of nitrogens with one attached hydrogen (secondary N) is 2. The van der Waals surface area contributed by atoms with E-state index in [1.165, 1.54) is 11.1 Å². The first-order valence-electron chi connectivity index (χ1n) is 6.63. The van der Waals surface area contributed by atoms with Crippen LogP contribution < -0.4 is 10.6 Å². The SMILES string of the molecule is CCCNc1cc(NCc2ccncc2C)ccn1. The minimum atomic E-state index is 0.797. The fourth-order valence-electron chi connectivity index (χ4n) is 1.79. The molecular weight excluding hydrogens is 236 g/mol. The second-order valence-electron chi connectivity index (χ2n) is 4.51. The average Bonchev–Trinajstić information content (AvgIpc) is 2.45. The Morgan fingerprint density at radius 1 is 1.16 bits per heavy atom. The molecule has 0 atom stereocenters. The predicted molar refractivity (Wildman–Crippen MR) is 79.3 cm³/mol. The summed E-state index contributed by atoms with van der Waals surface area (Å²) in [5.74, 6) is 0.915. The van der Waals surface area contributed by atoms with Gasteiger partial charge in [-0.25, -0.2) is 4.98 Å². The summed E-state index contributed by atoms with van der Waals surface area (Å²) in [6.07, 6.45) is 6.62. The third kappa shape index (κ3) is 3.95. The molecule has 100 valence electrons. The van der Waals surface area contributed by atoms with Gasteiger partial charge in [0.05, 0.1) is 0 Å². The predicted octanol–water partition coefficient (Wildman–Crippen LogP) is 3.22. The molecule has 0 saturated carbocycles. The molecule has 0 fully saturated rings. The van der Waals surface area contributed by atoms with Crippen molar-refractivity contribution in [1.82, 2.24) is 9.97 Å². The van der Waals surface area contributed by atoms with E-state index in [2.05, 4.69) is 34.4 Å². The Labute approximate surface area is 114 Å². The summed E-state index contributed by atoms with van der Waals surface area (Å²) >= 11 is 0. The van der Waals surface area contributed by atoms with Crippen LogP contribution in [0.4, 0.5) is 11.5 Å². The quantitative estimate of drug-likeness (QED) is 0.833. The van der Waals surface area contributed by atoms with E-state index in [0.717, 1.165) is 31.0 Å². The number of aromatic nitrogens is 2. The van der Waals surface area contributed by atoms with Crippen LogP contribution in [0.1, 0.15) is 24.5 Å². The molecule has 2 N–H and O–H groups in total. The van der Waals surface area contributed by atoms with E-state index < -0.39 is 0 Å². The van der Waals surface area contributed by atoms with Crippen molar-refractivity contribution >= 4 is 11.5 Å². The zero-order valence-corrected chi connectivity index (χ0v) is 11.5. The van der Waals surface area contributed by atoms with Gasteiger partial charge < -0.3 is 10.6 Å². The Bertz CT molecular complexity index is 525. The fraction of sp³-hybridized carbons (Fsp3) is 0.333. The van der Waals surface area contributed by atoms with Crippen molar-refractivity contribution in [3.63, 3.8) is 0 Å². The number of pyridine rings is 2. The maximum Gasteiger partial charge on any atom is 0.127 e. The molecule has 19 heavy (non-hydrogen) atoms. The molecule has 2 heterocycles. The molecule has 0 radical (unpaired) electrons. The van der Waals surface area contributed by atoms with Gasteiger partial charge in [0.1, 0.15) is 5.82 Å². The topological polar surface area (TPSA) is 49.8 Å². The molecule has 0 aromatic carbocycles. The molecule has 0 bridgehead atoms. The van der Waals surface area contributed by atoms with Crippen molar-refractivity contribution in [3.05, 3.63) is 47.9 Å². The number of anilines is 2. The molecule has 4 nitrogen and oxygen atoms in total. The second kappa shape index (κ2) is 6.73. The summed E-state index contributed by atoms with van der Waals surface area (Å²) in [5.41, 5.74) is 3.54. The molecule has 2 rings (SSSR count). The largest absolute Gasteiger partial charge is 0.381 e. The molecule has 0 aliphatic heterocycles. The number of rotatable bonds is 6. The van der Waals surface area contributed by atoms with Crippen LogP contribution >= 0.6 is 0 Å². The zero-order chi connectivity index (χ0) is 13.5. The normalized spacial score (nSPS) is 10.2. The Balaban J connectivity index is 1.98. The third-order valence-corrected chi connectivity index (χ3v) is 2.94. The van der Waals surface area contributed by atoms with E-state index in [9.17, 15) is 0 Å². The molecule has 0 aliphatic carbocycles. The van der Waals surface area contributed by atoms with Crippen LogP contribution in [0.3, 0.4) is 0 Å². The fourth-order valence-corrected chi connectivity index (χ4v) is 1.79. The minimum absolute atomic E-state index is 0.797. The average molecular weight is 256 g/mol. The molecule has 0 amide bonds. The first-order valence-corrected chi connectivity index (χ1v) is 6.63. The third-order valence-electron chi connectivity index (χ3n) is 2.94. The lowest BCUT2D eigenvalue weighted by Gasteiger charge is -2.10. The van der Waals surface area contributed by atoms with Gasteiger partial charge in [0.15, 0.2) is 0 Å². The first-order chi connectivity index (χ1) is 9.29. The summed E-state index contributed by atoms with van der Waals surface area (Å²) in [6.45, 7) is 5.96. The van der Waals surface area contributed by atoms with Crippen molar-refractivity contribution in [2.24, 2.45) is 0 Å². The summed E-state index contributed by atoms with van der Waals surface area (Å²) in [6, 6.07) is 6.06. The Kier molecular flexibility index (Phi) is 4.72. The van der Waals surface area contributed by atoms with Crippen molar-refractivity contribution in [2.45, 2.75) is 26.8 Å². The molecule has 2 aromatic heterocycles. The number of hydrogen-bond acceptors (Lipinski definition) is 4. The second-order valence-corrected chi connectivity index (χ2v) is 4.51. The lowest BCUT2D eigenvalue weighted by atomic mass is 10.1. The van der Waals surface area contributed by atoms with Gasteiger partial charge in [0, 0.05) is 43.4 Å². The van der Waals surface area contributed by atoms with Gasteiger partial charge in [-0.2, -0.15) is 0 Å². The van der Waals surface area contributed by atoms with E-state index in [-0.39, 0.29) is 0 Å². The number of hydrogen-bond donors (Lipinski definition) is 2. The number of nitrogens with zero attached hydrogens (tertiary/aromatic N) is 2. The van der Waals surface area contributed by atoms with E-state index in [1.807, 2.05) is 36.8 Å². The van der Waals surface area contributed by atoms with Crippen molar-refractivity contribution in [2.75, 3.05) is 17.2 Å². The van der Waals surface area contributed by atoms with Crippen molar-refractivity contribution in [1.29, 1.82) is 0 Å². The van der Waals surface area contributed by atoms with Crippen LogP contribution in [0.5, 0.6) is 0 Å². The highest BCUT2D eigenvalue weighted by Crippen LogP contribution is 2.14. The summed E-state index contributed by atoms with van der Waals surface area (Å²) in [7, 11) is 0. The van der Waals surface area contributed by atoms with Gasteiger partial charge in [-0.15, -0.1) is 0 Å². The van der Waals surface area contributed by atoms with Gasteiger partial charge in [0.25, 0.3) is 0 Å². The van der Waals surface area contributed by atoms with E-state index in [4.69, 9.17) is 0 Å². The Hall–Kier alpha value is -2.10. The molecule has 0 spiro atoms. The van der Waals surface area contributed by atoms with Gasteiger partial charge in [-0.1, -0.05) is 6.92 Å². The first kappa shape index (κ1) is 13.3.